The van der Waals surface area contributed by atoms with Crippen LogP contribution in [0.4, 0.5) is 13.2 Å². The van der Waals surface area contributed by atoms with Gasteiger partial charge in [0, 0.05) is 43.2 Å². The number of thiol groups is 1. The lowest BCUT2D eigenvalue weighted by Crippen LogP contribution is -2.69. The molecule has 8 nitrogen and oxygen atoms in total. The highest BCUT2D eigenvalue weighted by molar-refractivity contribution is 7.90. The van der Waals surface area contributed by atoms with Crippen LogP contribution in [0.15, 0.2) is 58.3 Å². The number of hydrogen-bond donors (Lipinski definition) is 4. The van der Waals surface area contributed by atoms with Crippen LogP contribution in [0, 0.1) is 0 Å². The smallest absolute Gasteiger partial charge is 0.390 e. The Morgan fingerprint density at radius 1 is 1.10 bits per heavy atom. The predicted octanol–water partition coefficient (Wildman–Crippen LogP) is 2.85. The van der Waals surface area contributed by atoms with E-state index in [1.807, 2.05) is 0 Å². The van der Waals surface area contributed by atoms with E-state index < -0.39 is 32.9 Å². The van der Waals surface area contributed by atoms with Gasteiger partial charge in [-0.25, -0.2) is 8.42 Å². The number of halogens is 3. The highest BCUT2D eigenvalue weighted by atomic mass is 32.2. The van der Waals surface area contributed by atoms with Crippen molar-refractivity contribution in [3.63, 3.8) is 0 Å². The molecule has 0 radical (unpaired) electrons. The fourth-order valence-corrected chi connectivity index (χ4v) is 8.48. The summed E-state index contributed by atoms with van der Waals surface area (Å²) in [4.78, 5) is 2.63. The van der Waals surface area contributed by atoms with Crippen molar-refractivity contribution < 1.29 is 36.5 Å². The number of sulfonamides is 1. The van der Waals surface area contributed by atoms with Gasteiger partial charge in [0.2, 0.25) is 10.0 Å². The third-order valence-electron chi connectivity index (χ3n) is 8.67. The minimum absolute atomic E-state index is 0.0135. The largest absolute Gasteiger partial charge is 0.421 e. The lowest BCUT2D eigenvalue weighted by Gasteiger charge is -2.55. The molecule has 13 heteroatoms. The molecule has 0 spiro atoms. The van der Waals surface area contributed by atoms with Crippen LogP contribution in [0.2, 0.25) is 0 Å². The van der Waals surface area contributed by atoms with Gasteiger partial charge in [-0.2, -0.15) is 17.5 Å². The molecule has 0 amide bonds. The third kappa shape index (κ3) is 5.79. The Labute approximate surface area is 243 Å². The van der Waals surface area contributed by atoms with E-state index in [1.54, 1.807) is 25.1 Å². The second kappa shape index (κ2) is 10.8. The molecule has 3 aliphatic heterocycles. The summed E-state index contributed by atoms with van der Waals surface area (Å²) in [5.74, 6) is 0. The van der Waals surface area contributed by atoms with Crippen molar-refractivity contribution in [2.24, 2.45) is 0 Å². The molecule has 2 bridgehead atoms. The first kappa shape index (κ1) is 30.7. The van der Waals surface area contributed by atoms with Crippen molar-refractivity contribution in [2.75, 3.05) is 39.4 Å². The second-order valence-corrected chi connectivity index (χ2v) is 14.3. The molecule has 226 valence electrons. The van der Waals surface area contributed by atoms with Gasteiger partial charge in [-0.1, -0.05) is 36.4 Å². The molecule has 0 aromatic heterocycles. The van der Waals surface area contributed by atoms with Gasteiger partial charge in [0.25, 0.3) is 0 Å². The molecule has 5 rings (SSSR count). The van der Waals surface area contributed by atoms with Crippen molar-refractivity contribution in [3.05, 3.63) is 59.7 Å². The molecule has 41 heavy (non-hydrogen) atoms. The van der Waals surface area contributed by atoms with Crippen molar-refractivity contribution >= 4 is 22.7 Å². The molecular weight excluding hydrogens is 579 g/mol. The quantitative estimate of drug-likeness (QED) is 0.371. The van der Waals surface area contributed by atoms with Crippen molar-refractivity contribution in [1.29, 1.82) is 0 Å². The number of piperazine rings is 1. The van der Waals surface area contributed by atoms with E-state index in [9.17, 15) is 31.8 Å². The average Bonchev–Trinajstić information content (AvgIpc) is 2.89. The molecule has 0 aliphatic carbocycles. The summed E-state index contributed by atoms with van der Waals surface area (Å²) >= 11 is 4.37. The van der Waals surface area contributed by atoms with Crippen LogP contribution in [-0.2, 0) is 25.9 Å². The summed E-state index contributed by atoms with van der Waals surface area (Å²) in [5, 5.41) is 24.6. The monoisotopic (exact) mass is 615 g/mol. The van der Waals surface area contributed by atoms with Crippen molar-refractivity contribution in [1.82, 2.24) is 14.5 Å². The molecule has 3 fully saturated rings. The number of alkyl halides is 3. The number of morpholine rings is 1. The Bertz CT molecular complexity index is 1350. The maximum Gasteiger partial charge on any atom is 0.421 e. The highest BCUT2D eigenvalue weighted by Gasteiger charge is 2.52. The van der Waals surface area contributed by atoms with Crippen LogP contribution in [-0.4, -0.2) is 91.1 Å². The van der Waals surface area contributed by atoms with Gasteiger partial charge < -0.3 is 20.3 Å². The van der Waals surface area contributed by atoms with E-state index >= 15 is 0 Å². The van der Waals surface area contributed by atoms with E-state index in [0.717, 1.165) is 0 Å². The van der Waals surface area contributed by atoms with Crippen LogP contribution >= 0.6 is 12.6 Å². The van der Waals surface area contributed by atoms with E-state index in [4.69, 9.17) is 4.74 Å². The minimum atomic E-state index is -4.87. The number of nitrogens with one attached hydrogen (secondary N) is 1. The van der Waals surface area contributed by atoms with Gasteiger partial charge in [-0.3, -0.25) is 4.90 Å². The first-order valence-corrected chi connectivity index (χ1v) is 15.4. The topological polar surface area (TPSA) is 102 Å². The molecule has 3 aliphatic rings. The molecule has 3 N–H and O–H groups in total. The molecule has 2 aromatic rings. The predicted molar refractivity (Wildman–Crippen MR) is 149 cm³/mol. The number of fused-ring (bicyclic) bond motifs is 2. The van der Waals surface area contributed by atoms with E-state index in [1.165, 1.54) is 34.6 Å². The minimum Gasteiger partial charge on any atom is -0.390 e. The average molecular weight is 616 g/mol. The molecule has 2 unspecified atom stereocenters. The summed E-state index contributed by atoms with van der Waals surface area (Å²) in [6, 6.07) is 11.7. The van der Waals surface area contributed by atoms with E-state index in [-0.39, 0.29) is 35.6 Å². The Morgan fingerprint density at radius 3 is 2.29 bits per heavy atom. The Balaban J connectivity index is 1.55. The Morgan fingerprint density at radius 2 is 1.71 bits per heavy atom. The Kier molecular flexibility index (Phi) is 8.08. The van der Waals surface area contributed by atoms with Crippen LogP contribution in [0.3, 0.4) is 0 Å². The number of rotatable bonds is 6. The summed E-state index contributed by atoms with van der Waals surface area (Å²) in [6.07, 6.45) is -3.92. The highest BCUT2D eigenvalue weighted by Crippen LogP contribution is 2.41. The van der Waals surface area contributed by atoms with E-state index in [2.05, 4.69) is 22.8 Å². The fourth-order valence-electron chi connectivity index (χ4n) is 6.39. The maximum atomic E-state index is 13.8. The third-order valence-corrected chi connectivity index (χ3v) is 11.1. The fraction of sp³-hybridized carbons (Fsp3) is 0.571. The molecule has 0 saturated carbocycles. The van der Waals surface area contributed by atoms with Crippen LogP contribution in [0.1, 0.15) is 37.8 Å². The summed E-state index contributed by atoms with van der Waals surface area (Å²) in [7, 11) is -3.96. The van der Waals surface area contributed by atoms with Gasteiger partial charge in [0.1, 0.15) is 0 Å². The summed E-state index contributed by atoms with van der Waals surface area (Å²) in [6.45, 7) is 4.17. The molecule has 3 saturated heterocycles. The van der Waals surface area contributed by atoms with Gasteiger partial charge >= 0.3 is 6.18 Å². The lowest BCUT2D eigenvalue weighted by molar-refractivity contribution is -0.258. The van der Waals surface area contributed by atoms with Crippen LogP contribution in [0.5, 0.6) is 0 Å². The lowest BCUT2D eigenvalue weighted by atomic mass is 9.79. The van der Waals surface area contributed by atoms with Crippen LogP contribution in [0.25, 0.3) is 0 Å². The van der Waals surface area contributed by atoms with Gasteiger partial charge in [0.15, 0.2) is 5.60 Å². The number of piperidine rings is 1. The summed E-state index contributed by atoms with van der Waals surface area (Å²) in [5.41, 5.74) is -4.63. The Hall–Kier alpha value is -1.71. The molecule has 2 aromatic carbocycles. The zero-order valence-corrected chi connectivity index (χ0v) is 24.6. The molecule has 5 atom stereocenters. The maximum absolute atomic E-state index is 13.8. The molecular formula is C28H36F3N3O5S2. The first-order valence-electron chi connectivity index (χ1n) is 13.5. The van der Waals surface area contributed by atoms with Gasteiger partial charge in [0.05, 0.1) is 29.2 Å². The van der Waals surface area contributed by atoms with Crippen molar-refractivity contribution in [2.45, 2.75) is 71.5 Å². The van der Waals surface area contributed by atoms with Crippen molar-refractivity contribution in [3.8, 4) is 0 Å². The number of ether oxygens (including phenoxy) is 1. The number of hydrogen-bond acceptors (Lipinski definition) is 8. The second-order valence-electron chi connectivity index (χ2n) is 11.9. The molecule has 3 heterocycles. The van der Waals surface area contributed by atoms with Gasteiger partial charge in [-0.15, -0.1) is 12.6 Å². The van der Waals surface area contributed by atoms with Crippen LogP contribution < -0.4 is 5.32 Å². The standard InChI is InChI=1S/C28H36F3N3O5S2/c1-25(35)13-21-15-39-16-22(14-25)34(21)18-27(20-9-7-19(8-10-20)26(2,36)28(29,30)31)17-33(12-11-32-27)41(37,38)24-6-4-3-5-23(24)40/h3-10,21-22,32,35-36,40H,11-18H2,1-2H3/t21-,22+,25?,26?,27-/m1/s1. The SMILES string of the molecule is CC1(O)C[C@H]2COC[C@@H](C1)N2C[C@@]1(c2ccc(C(C)(O)C(F)(F)F)cc2)CN(S(=O)(=O)c2ccccc2S)CCN1. The number of nitrogens with zero attached hydrogens (tertiary/aromatic N) is 2. The summed E-state index contributed by atoms with van der Waals surface area (Å²) < 4.78 is 75.5. The zero-order chi connectivity index (χ0) is 29.8. The zero-order valence-electron chi connectivity index (χ0n) is 22.9. The number of benzene rings is 2. The number of aliphatic hydroxyl groups is 2. The first-order chi connectivity index (χ1) is 19.1. The normalized spacial score (nSPS) is 31.5. The van der Waals surface area contributed by atoms with Gasteiger partial charge in [-0.05, 0) is 49.9 Å². The van der Waals surface area contributed by atoms with E-state index in [0.29, 0.717) is 56.5 Å².